The van der Waals surface area contributed by atoms with Crippen LogP contribution in [0.15, 0.2) is 24.3 Å². The lowest BCUT2D eigenvalue weighted by atomic mass is 10.1. The number of hydrogen-bond donors (Lipinski definition) is 0. The molecule has 1 heterocycles. The molecule has 0 aliphatic carbocycles. The second-order valence-electron chi connectivity index (χ2n) is 4.61. The number of carbonyl (C=O) groups is 2. The molecule has 0 bridgehead atoms. The first kappa shape index (κ1) is 12.6. The topological polar surface area (TPSA) is 46.6 Å². The Morgan fingerprint density at radius 2 is 2.28 bits per heavy atom. The SMILES string of the molecule is Cc1cccc(COC(=O)N2CCCC(=O)C2)c1. The molecule has 1 fully saturated rings. The fourth-order valence-corrected chi connectivity index (χ4v) is 2.03. The maximum absolute atomic E-state index is 11.8. The van der Waals surface area contributed by atoms with E-state index in [-0.39, 0.29) is 18.9 Å². The van der Waals surface area contributed by atoms with Crippen molar-refractivity contribution in [2.75, 3.05) is 13.1 Å². The van der Waals surface area contributed by atoms with Gasteiger partial charge in [-0.3, -0.25) is 4.79 Å². The standard InChI is InChI=1S/C14H17NO3/c1-11-4-2-5-12(8-11)10-18-14(17)15-7-3-6-13(16)9-15/h2,4-5,8H,3,6-7,9-10H2,1H3. The Morgan fingerprint density at radius 1 is 1.44 bits per heavy atom. The molecule has 0 aromatic heterocycles. The molecule has 1 aromatic carbocycles. The van der Waals surface area contributed by atoms with E-state index in [0.29, 0.717) is 13.0 Å². The van der Waals surface area contributed by atoms with Gasteiger partial charge in [0.1, 0.15) is 6.61 Å². The van der Waals surface area contributed by atoms with Gasteiger partial charge in [0, 0.05) is 13.0 Å². The van der Waals surface area contributed by atoms with Crippen LogP contribution in [0.3, 0.4) is 0 Å². The predicted molar refractivity (Wildman–Crippen MR) is 67.2 cm³/mol. The monoisotopic (exact) mass is 247 g/mol. The largest absolute Gasteiger partial charge is 0.445 e. The summed E-state index contributed by atoms with van der Waals surface area (Å²) < 4.78 is 5.21. The fraction of sp³-hybridized carbons (Fsp3) is 0.429. The van der Waals surface area contributed by atoms with Crippen LogP contribution >= 0.6 is 0 Å². The number of benzene rings is 1. The molecule has 4 nitrogen and oxygen atoms in total. The van der Waals surface area contributed by atoms with E-state index in [1.807, 2.05) is 31.2 Å². The van der Waals surface area contributed by atoms with Gasteiger partial charge < -0.3 is 9.64 Å². The predicted octanol–water partition coefficient (Wildman–Crippen LogP) is 2.30. The molecule has 96 valence electrons. The van der Waals surface area contributed by atoms with Crippen LogP contribution in [0.2, 0.25) is 0 Å². The number of nitrogens with zero attached hydrogens (tertiary/aromatic N) is 1. The van der Waals surface area contributed by atoms with Gasteiger partial charge in [0.25, 0.3) is 0 Å². The molecule has 0 radical (unpaired) electrons. The number of ketones is 1. The summed E-state index contributed by atoms with van der Waals surface area (Å²) in [5, 5.41) is 0. The number of rotatable bonds is 2. The number of Topliss-reactive ketones (excluding diaryl/α,β-unsaturated/α-hetero) is 1. The third-order valence-electron chi connectivity index (χ3n) is 2.95. The summed E-state index contributed by atoms with van der Waals surface area (Å²) in [5.74, 6) is 0.105. The van der Waals surface area contributed by atoms with E-state index < -0.39 is 6.09 Å². The molecule has 4 heteroatoms. The van der Waals surface area contributed by atoms with E-state index in [9.17, 15) is 9.59 Å². The zero-order chi connectivity index (χ0) is 13.0. The van der Waals surface area contributed by atoms with Gasteiger partial charge in [0.15, 0.2) is 5.78 Å². The maximum atomic E-state index is 11.8. The Bertz CT molecular complexity index is 456. The van der Waals surface area contributed by atoms with Crippen LogP contribution in [0.5, 0.6) is 0 Å². The van der Waals surface area contributed by atoms with Crippen molar-refractivity contribution in [1.29, 1.82) is 0 Å². The van der Waals surface area contributed by atoms with Crippen LogP contribution in [-0.4, -0.2) is 29.9 Å². The third-order valence-corrected chi connectivity index (χ3v) is 2.95. The smallest absolute Gasteiger partial charge is 0.410 e. The van der Waals surface area contributed by atoms with Crippen molar-refractivity contribution < 1.29 is 14.3 Å². The molecule has 1 aliphatic rings. The third kappa shape index (κ3) is 3.32. The summed E-state index contributed by atoms with van der Waals surface area (Å²) >= 11 is 0. The zero-order valence-electron chi connectivity index (χ0n) is 10.5. The summed E-state index contributed by atoms with van der Waals surface area (Å²) in [6.45, 7) is 3.05. The van der Waals surface area contributed by atoms with Crippen LogP contribution in [-0.2, 0) is 16.1 Å². The molecule has 1 aromatic rings. The van der Waals surface area contributed by atoms with Gasteiger partial charge in [-0.05, 0) is 18.9 Å². The molecule has 1 amide bonds. The molecule has 0 spiro atoms. The average molecular weight is 247 g/mol. The van der Waals surface area contributed by atoms with E-state index in [1.165, 1.54) is 4.90 Å². The maximum Gasteiger partial charge on any atom is 0.410 e. The fourth-order valence-electron chi connectivity index (χ4n) is 2.03. The minimum absolute atomic E-state index is 0.105. The van der Waals surface area contributed by atoms with Crippen molar-refractivity contribution >= 4 is 11.9 Å². The van der Waals surface area contributed by atoms with Crippen LogP contribution in [0.25, 0.3) is 0 Å². The van der Waals surface area contributed by atoms with Crippen LogP contribution in [0.1, 0.15) is 24.0 Å². The molecule has 18 heavy (non-hydrogen) atoms. The first-order valence-electron chi connectivity index (χ1n) is 6.14. The second-order valence-corrected chi connectivity index (χ2v) is 4.61. The number of hydrogen-bond acceptors (Lipinski definition) is 3. The molecule has 2 rings (SSSR count). The second kappa shape index (κ2) is 5.67. The zero-order valence-corrected chi connectivity index (χ0v) is 10.5. The van der Waals surface area contributed by atoms with Gasteiger partial charge in [0.2, 0.25) is 0 Å². The van der Waals surface area contributed by atoms with E-state index in [1.54, 1.807) is 0 Å². The number of amides is 1. The molecule has 0 N–H and O–H groups in total. The highest BCUT2D eigenvalue weighted by molar-refractivity contribution is 5.85. The minimum atomic E-state index is -0.399. The molecule has 0 unspecified atom stereocenters. The lowest BCUT2D eigenvalue weighted by Crippen LogP contribution is -2.40. The summed E-state index contributed by atoms with van der Waals surface area (Å²) in [4.78, 5) is 24.5. The highest BCUT2D eigenvalue weighted by Crippen LogP contribution is 2.10. The van der Waals surface area contributed by atoms with Gasteiger partial charge in [-0.2, -0.15) is 0 Å². The lowest BCUT2D eigenvalue weighted by molar-refractivity contribution is -0.121. The van der Waals surface area contributed by atoms with Crippen LogP contribution in [0, 0.1) is 6.92 Å². The highest BCUT2D eigenvalue weighted by Gasteiger charge is 2.22. The van der Waals surface area contributed by atoms with Crippen molar-refractivity contribution in [2.24, 2.45) is 0 Å². The Morgan fingerprint density at radius 3 is 3.00 bits per heavy atom. The van der Waals surface area contributed by atoms with E-state index in [2.05, 4.69) is 0 Å². The van der Waals surface area contributed by atoms with Crippen LogP contribution < -0.4 is 0 Å². The van der Waals surface area contributed by atoms with Crippen molar-refractivity contribution in [1.82, 2.24) is 4.90 Å². The molecular weight excluding hydrogens is 230 g/mol. The molecular formula is C14H17NO3. The molecule has 1 aliphatic heterocycles. The first-order valence-corrected chi connectivity index (χ1v) is 6.14. The van der Waals surface area contributed by atoms with E-state index in [4.69, 9.17) is 4.74 Å². The number of piperidine rings is 1. The van der Waals surface area contributed by atoms with E-state index in [0.717, 1.165) is 17.5 Å². The van der Waals surface area contributed by atoms with Crippen molar-refractivity contribution in [2.45, 2.75) is 26.4 Å². The van der Waals surface area contributed by atoms with Crippen molar-refractivity contribution in [3.05, 3.63) is 35.4 Å². The highest BCUT2D eigenvalue weighted by atomic mass is 16.6. The Labute approximate surface area is 107 Å². The van der Waals surface area contributed by atoms with E-state index >= 15 is 0 Å². The normalized spacial score (nSPS) is 15.6. The lowest BCUT2D eigenvalue weighted by Gasteiger charge is -2.24. The van der Waals surface area contributed by atoms with Gasteiger partial charge in [-0.25, -0.2) is 4.79 Å². The average Bonchev–Trinajstić information content (AvgIpc) is 2.36. The van der Waals surface area contributed by atoms with Gasteiger partial charge >= 0.3 is 6.09 Å². The number of carbonyl (C=O) groups excluding carboxylic acids is 2. The Kier molecular flexibility index (Phi) is 3.97. The van der Waals surface area contributed by atoms with Gasteiger partial charge in [-0.1, -0.05) is 29.8 Å². The van der Waals surface area contributed by atoms with Crippen LogP contribution in [0.4, 0.5) is 4.79 Å². The number of likely N-dealkylation sites (tertiary alicyclic amines) is 1. The number of aryl methyl sites for hydroxylation is 1. The Hall–Kier alpha value is -1.84. The summed E-state index contributed by atoms with van der Waals surface area (Å²) in [7, 11) is 0. The molecule has 0 saturated carbocycles. The molecule has 1 saturated heterocycles. The summed E-state index contributed by atoms with van der Waals surface area (Å²) in [6.07, 6.45) is 0.907. The summed E-state index contributed by atoms with van der Waals surface area (Å²) in [5.41, 5.74) is 2.10. The number of ether oxygens (including phenoxy) is 1. The van der Waals surface area contributed by atoms with Crippen molar-refractivity contribution in [3.8, 4) is 0 Å². The molecule has 0 atom stereocenters. The van der Waals surface area contributed by atoms with Crippen molar-refractivity contribution in [3.63, 3.8) is 0 Å². The quantitative estimate of drug-likeness (QED) is 0.805. The van der Waals surface area contributed by atoms with Gasteiger partial charge in [-0.15, -0.1) is 0 Å². The summed E-state index contributed by atoms with van der Waals surface area (Å²) in [6, 6.07) is 7.83. The Balaban J connectivity index is 1.86. The first-order chi connectivity index (χ1) is 8.65. The van der Waals surface area contributed by atoms with Gasteiger partial charge in [0.05, 0.1) is 6.54 Å². The minimum Gasteiger partial charge on any atom is -0.445 e.